The molecule has 0 aromatic rings. The van der Waals surface area contributed by atoms with Gasteiger partial charge in [-0.05, 0) is 24.4 Å². The number of carbonyl (C=O) groups excluding carboxylic acids is 1. The highest BCUT2D eigenvalue weighted by Crippen LogP contribution is 2.64. The van der Waals surface area contributed by atoms with E-state index in [1.165, 1.54) is 0 Å². The minimum absolute atomic E-state index is 0.0781. The molecule has 0 aliphatic carbocycles. The zero-order chi connectivity index (χ0) is 37.9. The Hall–Kier alpha value is -1.36. The van der Waals surface area contributed by atoms with E-state index in [0.29, 0.717) is 25.7 Å². The molecule has 1 amide bonds. The third-order valence-electron chi connectivity index (χ3n) is 7.84. The SMILES string of the molecule is CCCCCCCCCCN(CCCCCCCCCC)C(=O)C(F)(F)C(F)(F)C(F)(F)C(F)(F)C(F)(F)C(F)(F)C(F)(F)C(F)(F)Cl. The summed E-state index contributed by atoms with van der Waals surface area (Å²) in [4.78, 5) is 12.5. The number of hydrogen-bond donors (Lipinski definition) is 0. The number of alkyl halides is 17. The van der Waals surface area contributed by atoms with Gasteiger partial charge in [-0.15, -0.1) is 0 Å². The van der Waals surface area contributed by atoms with Crippen LogP contribution in [-0.4, -0.2) is 70.7 Å². The van der Waals surface area contributed by atoms with Crippen molar-refractivity contribution in [3.8, 4) is 0 Å². The maximum atomic E-state index is 14.8. The molecule has 0 aromatic carbocycles. The lowest BCUT2D eigenvalue weighted by Crippen LogP contribution is -2.75. The lowest BCUT2D eigenvalue weighted by molar-refractivity contribution is -0.446. The summed E-state index contributed by atoms with van der Waals surface area (Å²) >= 11 is 3.55. The van der Waals surface area contributed by atoms with Crippen molar-refractivity contribution in [2.24, 2.45) is 0 Å². The first kappa shape index (κ1) is 46.6. The molecule has 0 aliphatic heterocycles. The molecule has 0 heterocycles. The second kappa shape index (κ2) is 18.2. The molecule has 0 saturated heterocycles. The van der Waals surface area contributed by atoms with Crippen LogP contribution in [0.15, 0.2) is 0 Å². The molecule has 19 heteroatoms. The van der Waals surface area contributed by atoms with E-state index in [0.717, 1.165) is 51.4 Å². The number of halogens is 17. The van der Waals surface area contributed by atoms with Gasteiger partial charge in [0.25, 0.3) is 5.91 Å². The molecule has 0 bridgehead atoms. The van der Waals surface area contributed by atoms with Gasteiger partial charge in [0.2, 0.25) is 0 Å². The summed E-state index contributed by atoms with van der Waals surface area (Å²) < 4.78 is 223. The quantitative estimate of drug-likeness (QED) is 0.0489. The standard InChI is InChI=1S/C29H42ClF16NO/c1-3-5-7-9-11-13-15-17-19-47(20-18-16-14-12-10-8-6-4-2)21(48)22(31,32)23(33,34)24(35,36)25(37,38)26(39,40)27(41,42)28(43,44)29(30,45)46/h3-20H2,1-2H3. The van der Waals surface area contributed by atoms with Gasteiger partial charge in [-0.3, -0.25) is 4.79 Å². The fraction of sp³-hybridized carbons (Fsp3) is 0.966. The molecule has 0 spiro atoms. The van der Waals surface area contributed by atoms with Crippen LogP contribution in [0.1, 0.15) is 117 Å². The Bertz CT molecular complexity index is 936. The maximum Gasteiger partial charge on any atom is 0.393 e. The first-order valence-electron chi connectivity index (χ1n) is 15.7. The van der Waals surface area contributed by atoms with Gasteiger partial charge in [-0.2, -0.15) is 70.2 Å². The summed E-state index contributed by atoms with van der Waals surface area (Å²) in [6.45, 7) is 2.30. The number of hydrogen-bond acceptors (Lipinski definition) is 1. The van der Waals surface area contributed by atoms with E-state index < -0.39 is 65.8 Å². The molecule has 0 radical (unpaired) electrons. The Morgan fingerprint density at radius 3 is 0.958 bits per heavy atom. The van der Waals surface area contributed by atoms with Crippen LogP contribution in [0.25, 0.3) is 0 Å². The summed E-state index contributed by atoms with van der Waals surface area (Å²) in [5.41, 5.74) is 0. The van der Waals surface area contributed by atoms with Crippen LogP contribution in [0.5, 0.6) is 0 Å². The summed E-state index contributed by atoms with van der Waals surface area (Å²) in [6, 6.07) is 0. The number of amides is 1. The fourth-order valence-electron chi connectivity index (χ4n) is 4.68. The Morgan fingerprint density at radius 1 is 0.417 bits per heavy atom. The molecule has 0 saturated carbocycles. The predicted octanol–water partition coefficient (Wildman–Crippen LogP) is 12.4. The van der Waals surface area contributed by atoms with Crippen molar-refractivity contribution >= 4 is 17.5 Å². The van der Waals surface area contributed by atoms with E-state index in [9.17, 15) is 75.0 Å². The van der Waals surface area contributed by atoms with Crippen LogP contribution < -0.4 is 0 Å². The number of rotatable bonds is 26. The average molecular weight is 760 g/mol. The third kappa shape index (κ3) is 10.1. The van der Waals surface area contributed by atoms with Crippen molar-refractivity contribution in [1.29, 1.82) is 0 Å². The molecule has 0 aliphatic rings. The van der Waals surface area contributed by atoms with Crippen LogP contribution in [0.4, 0.5) is 70.2 Å². The van der Waals surface area contributed by atoms with E-state index in [1.807, 2.05) is 13.8 Å². The molecule has 0 rings (SSSR count). The zero-order valence-electron chi connectivity index (χ0n) is 26.5. The summed E-state index contributed by atoms with van der Waals surface area (Å²) in [5.74, 6) is -59.9. The smallest absolute Gasteiger partial charge is 0.337 e. The fourth-order valence-corrected chi connectivity index (χ4v) is 4.80. The second-order valence-electron chi connectivity index (χ2n) is 11.8. The van der Waals surface area contributed by atoms with Gasteiger partial charge in [0.1, 0.15) is 0 Å². The normalized spacial score (nSPS) is 14.5. The van der Waals surface area contributed by atoms with Crippen molar-refractivity contribution in [3.63, 3.8) is 0 Å². The van der Waals surface area contributed by atoms with Crippen LogP contribution in [0, 0.1) is 0 Å². The largest absolute Gasteiger partial charge is 0.393 e. The van der Waals surface area contributed by atoms with Gasteiger partial charge in [-0.1, -0.05) is 104 Å². The predicted molar refractivity (Wildman–Crippen MR) is 147 cm³/mol. The lowest BCUT2D eigenvalue weighted by Gasteiger charge is -2.43. The molecule has 288 valence electrons. The van der Waals surface area contributed by atoms with E-state index in [2.05, 4.69) is 11.6 Å². The molecule has 0 N–H and O–H groups in total. The topological polar surface area (TPSA) is 20.3 Å². The van der Waals surface area contributed by atoms with Gasteiger partial charge < -0.3 is 4.90 Å². The molecule has 0 unspecified atom stereocenters. The van der Waals surface area contributed by atoms with Gasteiger partial charge in [0.15, 0.2) is 0 Å². The highest BCUT2D eigenvalue weighted by Gasteiger charge is 2.95. The lowest BCUT2D eigenvalue weighted by atomic mass is 9.88. The Balaban J connectivity index is 6.23. The third-order valence-corrected chi connectivity index (χ3v) is 8.08. The second-order valence-corrected chi connectivity index (χ2v) is 12.2. The zero-order valence-corrected chi connectivity index (χ0v) is 27.3. The molecule has 0 aromatic heterocycles. The van der Waals surface area contributed by atoms with Crippen molar-refractivity contribution in [2.75, 3.05) is 13.1 Å². The minimum atomic E-state index is -8.59. The minimum Gasteiger partial charge on any atom is -0.337 e. The summed E-state index contributed by atoms with van der Waals surface area (Å²) in [7, 11) is 0. The van der Waals surface area contributed by atoms with Crippen LogP contribution in [-0.2, 0) is 4.79 Å². The van der Waals surface area contributed by atoms with E-state index in [-0.39, 0.29) is 30.6 Å². The van der Waals surface area contributed by atoms with Gasteiger partial charge in [-0.25, -0.2) is 0 Å². The molecule has 2 nitrogen and oxygen atoms in total. The molecular formula is C29H42ClF16NO. The van der Waals surface area contributed by atoms with E-state index >= 15 is 0 Å². The maximum absolute atomic E-state index is 14.8. The molecular weight excluding hydrogens is 718 g/mol. The average Bonchev–Trinajstić information content (AvgIpc) is 2.97. The molecule has 0 fully saturated rings. The van der Waals surface area contributed by atoms with Gasteiger partial charge in [0.05, 0.1) is 0 Å². The molecule has 48 heavy (non-hydrogen) atoms. The van der Waals surface area contributed by atoms with Crippen LogP contribution in [0.3, 0.4) is 0 Å². The monoisotopic (exact) mass is 759 g/mol. The highest BCUT2D eigenvalue weighted by molar-refractivity contribution is 6.22. The Morgan fingerprint density at radius 2 is 0.667 bits per heavy atom. The summed E-state index contributed by atoms with van der Waals surface area (Å²) in [5, 5.41) is -6.85. The first-order valence-corrected chi connectivity index (χ1v) is 16.1. The number of unbranched alkanes of at least 4 members (excludes halogenated alkanes) is 14. The number of nitrogens with zero attached hydrogens (tertiary/aromatic N) is 1. The van der Waals surface area contributed by atoms with E-state index in [1.54, 1.807) is 0 Å². The Labute approximate surface area is 274 Å². The Kier molecular flexibility index (Phi) is 17.7. The van der Waals surface area contributed by atoms with Crippen molar-refractivity contribution in [1.82, 2.24) is 4.90 Å². The van der Waals surface area contributed by atoms with Crippen molar-refractivity contribution in [3.05, 3.63) is 0 Å². The van der Waals surface area contributed by atoms with Crippen molar-refractivity contribution in [2.45, 2.75) is 163 Å². The van der Waals surface area contributed by atoms with Crippen LogP contribution >= 0.6 is 11.6 Å². The van der Waals surface area contributed by atoms with Gasteiger partial charge >= 0.3 is 46.8 Å². The van der Waals surface area contributed by atoms with E-state index in [4.69, 9.17) is 0 Å². The molecule has 0 atom stereocenters. The number of carbonyl (C=O) groups is 1. The van der Waals surface area contributed by atoms with Crippen molar-refractivity contribution < 1.29 is 75.0 Å². The van der Waals surface area contributed by atoms with Crippen LogP contribution in [0.2, 0.25) is 0 Å². The van der Waals surface area contributed by atoms with Gasteiger partial charge in [0, 0.05) is 13.1 Å². The first-order chi connectivity index (χ1) is 21.7. The summed E-state index contributed by atoms with van der Waals surface area (Å²) in [6.07, 6.45) is 9.33. The highest BCUT2D eigenvalue weighted by atomic mass is 35.5.